The number of hydrogen-bond acceptors (Lipinski definition) is 2. The van der Waals surface area contributed by atoms with Crippen molar-refractivity contribution < 1.29 is 30.9 Å². The molecule has 18 heavy (non-hydrogen) atoms. The van der Waals surface area contributed by atoms with Gasteiger partial charge in [-0.3, -0.25) is 0 Å². The molecular formula is C14H10BrNO2. The Kier molecular flexibility index (Phi) is 2.59. The minimum Gasteiger partial charge on any atom is -1.00 e. The fraction of sp³-hybridized carbons (Fsp3) is 0.0714. The Morgan fingerprint density at radius 3 is 2.94 bits per heavy atom. The van der Waals surface area contributed by atoms with E-state index >= 15 is 0 Å². The molecule has 0 fully saturated rings. The van der Waals surface area contributed by atoms with Crippen molar-refractivity contribution >= 4 is 16.3 Å². The van der Waals surface area contributed by atoms with Gasteiger partial charge in [0.15, 0.2) is 23.9 Å². The zero-order valence-corrected chi connectivity index (χ0v) is 11.1. The molecule has 0 radical (unpaired) electrons. The number of hydrogen-bond donors (Lipinski definition) is 0. The van der Waals surface area contributed by atoms with Crippen molar-refractivity contribution in [1.82, 2.24) is 0 Å². The quantitative estimate of drug-likeness (QED) is 0.405. The van der Waals surface area contributed by atoms with Gasteiger partial charge in [-0.25, -0.2) is 0 Å². The normalized spacial score (nSPS) is 12.7. The van der Waals surface area contributed by atoms with Gasteiger partial charge in [0.2, 0.25) is 12.3 Å². The number of nitrogens with zero attached hydrogens (tertiary/aromatic N) is 1. The molecule has 0 saturated heterocycles. The number of benzene rings is 1. The van der Waals surface area contributed by atoms with Gasteiger partial charge in [-0.15, -0.1) is 0 Å². The average molecular weight is 304 g/mol. The van der Waals surface area contributed by atoms with E-state index in [1.54, 1.807) is 0 Å². The Balaban J connectivity index is 0.000001000. The van der Waals surface area contributed by atoms with Crippen LogP contribution in [0.3, 0.4) is 0 Å². The number of pyridine rings is 2. The maximum absolute atomic E-state index is 5.53. The maximum atomic E-state index is 5.53. The highest BCUT2D eigenvalue weighted by Gasteiger charge is 2.19. The summed E-state index contributed by atoms with van der Waals surface area (Å²) in [5, 5.41) is 2.25. The largest absolute Gasteiger partial charge is 1.00 e. The molecule has 4 rings (SSSR count). The lowest BCUT2D eigenvalue weighted by Crippen LogP contribution is -3.00. The van der Waals surface area contributed by atoms with Crippen LogP contribution in [-0.2, 0) is 0 Å². The van der Waals surface area contributed by atoms with Crippen LogP contribution in [0, 0.1) is 0 Å². The van der Waals surface area contributed by atoms with E-state index in [4.69, 9.17) is 9.47 Å². The molecule has 0 spiro atoms. The van der Waals surface area contributed by atoms with Crippen LogP contribution < -0.4 is 30.9 Å². The lowest BCUT2D eigenvalue weighted by molar-refractivity contribution is -0.510. The molecule has 0 unspecified atom stereocenters. The highest BCUT2D eigenvalue weighted by molar-refractivity contribution is 5.91. The van der Waals surface area contributed by atoms with Crippen LogP contribution >= 0.6 is 0 Å². The van der Waals surface area contributed by atoms with E-state index in [1.807, 2.05) is 24.4 Å². The van der Waals surface area contributed by atoms with Crippen LogP contribution in [0.25, 0.3) is 16.3 Å². The molecule has 0 aliphatic carbocycles. The third-order valence-electron chi connectivity index (χ3n) is 3.11. The Labute approximate surface area is 114 Å². The summed E-state index contributed by atoms with van der Waals surface area (Å²) in [6.07, 6.45) is 4.11. The van der Waals surface area contributed by atoms with E-state index in [1.165, 1.54) is 10.9 Å². The number of fused-ring (bicyclic) bond motifs is 4. The molecule has 0 amide bonds. The zero-order valence-electron chi connectivity index (χ0n) is 9.47. The van der Waals surface area contributed by atoms with Crippen molar-refractivity contribution in [1.29, 1.82) is 0 Å². The molecule has 90 valence electrons. The first-order valence-electron chi connectivity index (χ1n) is 5.54. The van der Waals surface area contributed by atoms with Crippen molar-refractivity contribution in [3.63, 3.8) is 0 Å². The van der Waals surface area contributed by atoms with Gasteiger partial charge in [0.05, 0.1) is 5.39 Å². The van der Waals surface area contributed by atoms with Gasteiger partial charge in [-0.05, 0) is 23.6 Å². The highest BCUT2D eigenvalue weighted by Crippen LogP contribution is 2.38. The maximum Gasteiger partial charge on any atom is 0.231 e. The van der Waals surface area contributed by atoms with E-state index in [9.17, 15) is 0 Å². The van der Waals surface area contributed by atoms with E-state index in [0.29, 0.717) is 6.79 Å². The van der Waals surface area contributed by atoms with Crippen molar-refractivity contribution in [3.05, 3.63) is 48.8 Å². The third kappa shape index (κ3) is 1.53. The molecule has 0 bridgehead atoms. The fourth-order valence-electron chi connectivity index (χ4n) is 2.28. The van der Waals surface area contributed by atoms with E-state index < -0.39 is 0 Å². The highest BCUT2D eigenvalue weighted by atomic mass is 79.9. The molecule has 0 atom stereocenters. The lowest BCUT2D eigenvalue weighted by Gasteiger charge is -2.00. The topological polar surface area (TPSA) is 22.6 Å². The number of rotatable bonds is 0. The van der Waals surface area contributed by atoms with Crippen molar-refractivity contribution in [3.8, 4) is 11.5 Å². The fourth-order valence-corrected chi connectivity index (χ4v) is 2.28. The molecule has 0 N–H and O–H groups in total. The predicted molar refractivity (Wildman–Crippen MR) is 63.2 cm³/mol. The molecule has 3 heterocycles. The monoisotopic (exact) mass is 303 g/mol. The van der Waals surface area contributed by atoms with Gasteiger partial charge < -0.3 is 26.5 Å². The molecular weight excluding hydrogens is 294 g/mol. The van der Waals surface area contributed by atoms with Crippen molar-refractivity contribution in [2.75, 3.05) is 6.79 Å². The smallest absolute Gasteiger partial charge is 0.231 e. The first kappa shape index (κ1) is 11.3. The zero-order chi connectivity index (χ0) is 11.2. The SMILES string of the molecule is [Br-].c1cc[n+]2cc3c4c(ccc3cc2c1)OCO4. The molecule has 1 aliphatic rings. The minimum atomic E-state index is 0. The number of halogens is 1. The predicted octanol–water partition coefficient (Wildman–Crippen LogP) is -0.689. The van der Waals surface area contributed by atoms with Crippen LogP contribution in [0.4, 0.5) is 0 Å². The van der Waals surface area contributed by atoms with Gasteiger partial charge in [-0.2, -0.15) is 4.40 Å². The molecule has 1 aliphatic heterocycles. The summed E-state index contributed by atoms with van der Waals surface area (Å²) in [6, 6.07) is 12.3. The summed E-state index contributed by atoms with van der Waals surface area (Å²) >= 11 is 0. The molecule has 1 aromatic carbocycles. The van der Waals surface area contributed by atoms with Crippen LogP contribution in [0.2, 0.25) is 0 Å². The second kappa shape index (κ2) is 4.14. The Bertz CT molecular complexity index is 742. The molecule has 4 heteroatoms. The van der Waals surface area contributed by atoms with Gasteiger partial charge in [0.25, 0.3) is 0 Å². The van der Waals surface area contributed by atoms with Gasteiger partial charge in [0.1, 0.15) is 0 Å². The van der Waals surface area contributed by atoms with Crippen LogP contribution in [-0.4, -0.2) is 6.79 Å². The van der Waals surface area contributed by atoms with Crippen LogP contribution in [0.15, 0.2) is 48.8 Å². The second-order valence-corrected chi connectivity index (χ2v) is 4.11. The first-order valence-corrected chi connectivity index (χ1v) is 5.54. The van der Waals surface area contributed by atoms with Crippen molar-refractivity contribution in [2.24, 2.45) is 0 Å². The molecule has 0 saturated carbocycles. The Morgan fingerprint density at radius 1 is 1.06 bits per heavy atom. The number of ether oxygens (including phenoxy) is 2. The van der Waals surface area contributed by atoms with E-state index in [0.717, 1.165) is 16.9 Å². The molecule has 3 aromatic rings. The van der Waals surface area contributed by atoms with Gasteiger partial charge in [0, 0.05) is 18.2 Å². The summed E-state index contributed by atoms with van der Waals surface area (Å²) in [5.74, 6) is 1.68. The Morgan fingerprint density at radius 2 is 2.00 bits per heavy atom. The third-order valence-corrected chi connectivity index (χ3v) is 3.11. The van der Waals surface area contributed by atoms with E-state index in [2.05, 4.69) is 28.8 Å². The number of aromatic nitrogens is 1. The lowest BCUT2D eigenvalue weighted by atomic mass is 10.1. The summed E-state index contributed by atoms with van der Waals surface area (Å²) in [6.45, 7) is 0.311. The second-order valence-electron chi connectivity index (χ2n) is 4.11. The standard InChI is InChI=1S/C14H10NO2.BrH/c1-2-6-15-8-12-10(7-11(15)3-1)4-5-13-14(12)17-9-16-13;/h1-8H,9H2;1H/q+1;/p-1. The molecule has 3 nitrogen and oxygen atoms in total. The van der Waals surface area contributed by atoms with E-state index in [-0.39, 0.29) is 17.0 Å². The summed E-state index contributed by atoms with van der Waals surface area (Å²) in [4.78, 5) is 0. The van der Waals surface area contributed by atoms with Gasteiger partial charge in [-0.1, -0.05) is 0 Å². The molecule has 2 aromatic heterocycles. The van der Waals surface area contributed by atoms with Gasteiger partial charge >= 0.3 is 0 Å². The van der Waals surface area contributed by atoms with Crippen LogP contribution in [0.1, 0.15) is 0 Å². The summed E-state index contributed by atoms with van der Waals surface area (Å²) in [5.41, 5.74) is 1.17. The van der Waals surface area contributed by atoms with Crippen molar-refractivity contribution in [2.45, 2.75) is 0 Å². The Hall–Kier alpha value is -1.81. The summed E-state index contributed by atoms with van der Waals surface area (Å²) in [7, 11) is 0. The average Bonchev–Trinajstić information content (AvgIpc) is 2.85. The summed E-state index contributed by atoms with van der Waals surface area (Å²) < 4.78 is 13.0. The first-order chi connectivity index (χ1) is 8.42. The van der Waals surface area contributed by atoms with Crippen LogP contribution in [0.5, 0.6) is 11.5 Å². The minimum absolute atomic E-state index is 0.